The van der Waals surface area contributed by atoms with Crippen LogP contribution in [0, 0.1) is 0 Å². The molecule has 0 aromatic heterocycles. The van der Waals surface area contributed by atoms with E-state index in [0.717, 1.165) is 12.8 Å². The number of hydrogen-bond donors (Lipinski definition) is 0. The fourth-order valence-corrected chi connectivity index (χ4v) is 2.23. The zero-order valence-electron chi connectivity index (χ0n) is 12.4. The Hall–Kier alpha value is -1.72. The summed E-state index contributed by atoms with van der Waals surface area (Å²) in [6, 6.07) is 0. The third-order valence-electron chi connectivity index (χ3n) is 3.50. The number of methoxy groups -OCH3 is 2. The van der Waals surface area contributed by atoms with Gasteiger partial charge in [0.2, 0.25) is 0 Å². The second kappa shape index (κ2) is 7.17. The van der Waals surface area contributed by atoms with Gasteiger partial charge in [-0.05, 0) is 39.5 Å². The van der Waals surface area contributed by atoms with Crippen molar-refractivity contribution in [2.45, 2.75) is 51.2 Å². The Morgan fingerprint density at radius 1 is 1.25 bits per heavy atom. The number of rotatable bonds is 2. The largest absolute Gasteiger partial charge is 0.508 e. The van der Waals surface area contributed by atoms with Crippen LogP contribution >= 0.6 is 0 Å². The predicted molar refractivity (Wildman–Crippen MR) is 71.4 cm³/mol. The van der Waals surface area contributed by atoms with Gasteiger partial charge in [0, 0.05) is 0 Å². The molecular formula is C14H22O6. The van der Waals surface area contributed by atoms with E-state index in [4.69, 9.17) is 9.47 Å². The molecule has 0 aromatic rings. The SMILES string of the molecule is COC(=O)OC1CCC(C)=CCCC1(C)OC(=O)OC. The standard InChI is InChI=1S/C14H22O6/c1-10-6-5-9-14(2,20-13(16)18-4)11(8-7-10)19-12(15)17-3/h6,11H,5,7-9H2,1-4H3. The molecule has 1 rings (SSSR count). The zero-order chi connectivity index (χ0) is 15.2. The quantitative estimate of drug-likeness (QED) is 0.573. The Balaban J connectivity index is 2.91. The van der Waals surface area contributed by atoms with Gasteiger partial charge in [-0.15, -0.1) is 0 Å². The first-order valence-corrected chi connectivity index (χ1v) is 6.58. The average molecular weight is 286 g/mol. The first-order valence-electron chi connectivity index (χ1n) is 6.58. The van der Waals surface area contributed by atoms with Crippen LogP contribution < -0.4 is 0 Å². The van der Waals surface area contributed by atoms with Crippen LogP contribution in [0.5, 0.6) is 0 Å². The van der Waals surface area contributed by atoms with E-state index in [9.17, 15) is 9.59 Å². The predicted octanol–water partition coefficient (Wildman–Crippen LogP) is 3.20. The highest BCUT2D eigenvalue weighted by molar-refractivity contribution is 5.61. The Bertz CT molecular complexity index is 389. The molecule has 1 aliphatic carbocycles. The molecule has 0 amide bonds. The Labute approximate surface area is 119 Å². The second-order valence-corrected chi connectivity index (χ2v) is 5.06. The highest BCUT2D eigenvalue weighted by Gasteiger charge is 2.41. The summed E-state index contributed by atoms with van der Waals surface area (Å²) in [6.07, 6.45) is 2.57. The summed E-state index contributed by atoms with van der Waals surface area (Å²) in [5.41, 5.74) is 0.293. The van der Waals surface area contributed by atoms with Gasteiger partial charge in [-0.25, -0.2) is 9.59 Å². The maximum absolute atomic E-state index is 11.4. The Kier molecular flexibility index (Phi) is 5.85. The van der Waals surface area contributed by atoms with E-state index in [1.165, 1.54) is 19.8 Å². The first-order chi connectivity index (χ1) is 9.41. The molecule has 114 valence electrons. The van der Waals surface area contributed by atoms with Gasteiger partial charge in [-0.3, -0.25) is 0 Å². The number of hydrogen-bond acceptors (Lipinski definition) is 6. The fraction of sp³-hybridized carbons (Fsp3) is 0.714. The third-order valence-corrected chi connectivity index (χ3v) is 3.50. The average Bonchev–Trinajstić information content (AvgIpc) is 2.41. The zero-order valence-corrected chi connectivity index (χ0v) is 12.4. The molecule has 6 heteroatoms. The molecule has 2 atom stereocenters. The third kappa shape index (κ3) is 4.43. The van der Waals surface area contributed by atoms with Gasteiger partial charge in [-0.2, -0.15) is 0 Å². The lowest BCUT2D eigenvalue weighted by molar-refractivity contribution is -0.109. The highest BCUT2D eigenvalue weighted by atomic mass is 16.8. The maximum Gasteiger partial charge on any atom is 0.508 e. The van der Waals surface area contributed by atoms with E-state index in [2.05, 4.69) is 15.5 Å². The minimum atomic E-state index is -0.932. The maximum atomic E-state index is 11.4. The van der Waals surface area contributed by atoms with Gasteiger partial charge in [-0.1, -0.05) is 11.6 Å². The topological polar surface area (TPSA) is 71.1 Å². The van der Waals surface area contributed by atoms with E-state index in [1.807, 2.05) is 6.92 Å². The van der Waals surface area contributed by atoms with Crippen molar-refractivity contribution in [2.24, 2.45) is 0 Å². The molecule has 0 spiro atoms. The summed E-state index contributed by atoms with van der Waals surface area (Å²) in [7, 11) is 2.49. The van der Waals surface area contributed by atoms with E-state index in [1.54, 1.807) is 6.92 Å². The van der Waals surface area contributed by atoms with E-state index in [-0.39, 0.29) is 0 Å². The van der Waals surface area contributed by atoms with Gasteiger partial charge in [0.1, 0.15) is 6.10 Å². The Morgan fingerprint density at radius 2 is 1.90 bits per heavy atom. The molecule has 0 heterocycles. The first kappa shape index (κ1) is 16.3. The van der Waals surface area contributed by atoms with Gasteiger partial charge >= 0.3 is 12.3 Å². The smallest absolute Gasteiger partial charge is 0.438 e. The van der Waals surface area contributed by atoms with Crippen molar-refractivity contribution in [3.8, 4) is 0 Å². The van der Waals surface area contributed by atoms with Crippen LogP contribution in [0.1, 0.15) is 39.5 Å². The number of carbonyl (C=O) groups is 2. The molecular weight excluding hydrogens is 264 g/mol. The van der Waals surface area contributed by atoms with Crippen LogP contribution in [0.4, 0.5) is 9.59 Å². The molecule has 0 bridgehead atoms. The van der Waals surface area contributed by atoms with Crippen molar-refractivity contribution in [1.29, 1.82) is 0 Å². The van der Waals surface area contributed by atoms with Crippen LogP contribution in [0.25, 0.3) is 0 Å². The van der Waals surface area contributed by atoms with Gasteiger partial charge in [0.15, 0.2) is 5.60 Å². The fourth-order valence-electron chi connectivity index (χ4n) is 2.23. The molecule has 0 aromatic carbocycles. The van der Waals surface area contributed by atoms with Crippen molar-refractivity contribution in [1.82, 2.24) is 0 Å². The van der Waals surface area contributed by atoms with Gasteiger partial charge in [0.05, 0.1) is 14.2 Å². The minimum absolute atomic E-state index is 0.543. The van der Waals surface area contributed by atoms with Crippen molar-refractivity contribution < 1.29 is 28.5 Å². The second-order valence-electron chi connectivity index (χ2n) is 5.06. The van der Waals surface area contributed by atoms with Crippen molar-refractivity contribution in [3.05, 3.63) is 11.6 Å². The summed E-state index contributed by atoms with van der Waals surface area (Å²) in [5.74, 6) is 0. The molecule has 0 saturated carbocycles. The van der Waals surface area contributed by atoms with E-state index < -0.39 is 24.0 Å². The van der Waals surface area contributed by atoms with Crippen LogP contribution in [-0.2, 0) is 18.9 Å². The lowest BCUT2D eigenvalue weighted by atomic mass is 9.86. The lowest BCUT2D eigenvalue weighted by Gasteiger charge is -2.36. The summed E-state index contributed by atoms with van der Waals surface area (Å²) >= 11 is 0. The van der Waals surface area contributed by atoms with Crippen molar-refractivity contribution in [2.75, 3.05) is 14.2 Å². The molecule has 2 unspecified atom stereocenters. The number of carbonyl (C=O) groups excluding carboxylic acids is 2. The lowest BCUT2D eigenvalue weighted by Crippen LogP contribution is -2.46. The summed E-state index contributed by atoms with van der Waals surface area (Å²) < 4.78 is 19.7. The Morgan fingerprint density at radius 3 is 2.50 bits per heavy atom. The van der Waals surface area contributed by atoms with Crippen LogP contribution in [0.15, 0.2) is 11.6 Å². The molecule has 0 N–H and O–H groups in total. The van der Waals surface area contributed by atoms with Crippen molar-refractivity contribution >= 4 is 12.3 Å². The molecule has 0 saturated heterocycles. The normalized spacial score (nSPS) is 26.6. The van der Waals surface area contributed by atoms with E-state index >= 15 is 0 Å². The molecule has 6 nitrogen and oxygen atoms in total. The van der Waals surface area contributed by atoms with Gasteiger partial charge in [0.25, 0.3) is 0 Å². The highest BCUT2D eigenvalue weighted by Crippen LogP contribution is 2.32. The van der Waals surface area contributed by atoms with E-state index in [0.29, 0.717) is 12.8 Å². The molecule has 0 fully saturated rings. The molecule has 1 aliphatic rings. The molecule has 0 radical (unpaired) electrons. The number of ether oxygens (including phenoxy) is 4. The molecule has 0 aliphatic heterocycles. The number of allylic oxidation sites excluding steroid dienone is 2. The van der Waals surface area contributed by atoms with Crippen LogP contribution in [0.2, 0.25) is 0 Å². The monoisotopic (exact) mass is 286 g/mol. The minimum Gasteiger partial charge on any atom is -0.438 e. The van der Waals surface area contributed by atoms with Crippen LogP contribution in [0.3, 0.4) is 0 Å². The van der Waals surface area contributed by atoms with Crippen LogP contribution in [-0.4, -0.2) is 38.2 Å². The van der Waals surface area contributed by atoms with Gasteiger partial charge < -0.3 is 18.9 Å². The molecule has 20 heavy (non-hydrogen) atoms. The summed E-state index contributed by atoms with van der Waals surface area (Å²) in [5, 5.41) is 0. The summed E-state index contributed by atoms with van der Waals surface area (Å²) in [4.78, 5) is 22.8. The van der Waals surface area contributed by atoms with Crippen molar-refractivity contribution in [3.63, 3.8) is 0 Å². The summed E-state index contributed by atoms with van der Waals surface area (Å²) in [6.45, 7) is 3.77.